The van der Waals surface area contributed by atoms with Gasteiger partial charge >= 0.3 is 0 Å². The van der Waals surface area contributed by atoms with Crippen LogP contribution in [0, 0.1) is 0 Å². The van der Waals surface area contributed by atoms with Crippen molar-refractivity contribution in [3.05, 3.63) is 29.8 Å². The van der Waals surface area contributed by atoms with Gasteiger partial charge in [-0.05, 0) is 37.6 Å². The first-order chi connectivity index (χ1) is 7.81. The zero-order chi connectivity index (χ0) is 11.8. The molecule has 0 saturated heterocycles. The van der Waals surface area contributed by atoms with Gasteiger partial charge in [0.15, 0.2) is 0 Å². The maximum atomic E-state index is 3.37. The minimum atomic E-state index is 1.05. The molecule has 0 fully saturated rings. The molecule has 0 saturated carbocycles. The zero-order valence-corrected chi connectivity index (χ0v) is 10.8. The highest BCUT2D eigenvalue weighted by molar-refractivity contribution is 5.48. The van der Waals surface area contributed by atoms with E-state index >= 15 is 0 Å². The van der Waals surface area contributed by atoms with Crippen molar-refractivity contribution in [1.82, 2.24) is 5.32 Å². The average Bonchev–Trinajstić information content (AvgIpc) is 2.35. The van der Waals surface area contributed by atoms with Gasteiger partial charge in [-0.2, -0.15) is 0 Å². The molecule has 2 nitrogen and oxygen atoms in total. The number of nitrogens with one attached hydrogen (secondary N) is 1. The van der Waals surface area contributed by atoms with Crippen molar-refractivity contribution in [1.29, 1.82) is 0 Å². The molecule has 1 N–H and O–H groups in total. The molecule has 2 heteroatoms. The highest BCUT2D eigenvalue weighted by Crippen LogP contribution is 2.15. The van der Waals surface area contributed by atoms with Crippen LogP contribution in [-0.2, 0) is 6.42 Å². The van der Waals surface area contributed by atoms with E-state index in [0.29, 0.717) is 0 Å². The number of nitrogens with zero attached hydrogens (tertiary/aromatic N) is 1. The van der Waals surface area contributed by atoms with Crippen LogP contribution in [0.15, 0.2) is 24.3 Å². The van der Waals surface area contributed by atoms with E-state index in [0.717, 1.165) is 32.6 Å². The number of likely N-dealkylation sites (N-methyl/N-ethyl adjacent to an activating group) is 2. The van der Waals surface area contributed by atoms with Gasteiger partial charge in [0, 0.05) is 25.3 Å². The van der Waals surface area contributed by atoms with Gasteiger partial charge in [0.2, 0.25) is 0 Å². The largest absolute Gasteiger partial charge is 0.371 e. The summed E-state index contributed by atoms with van der Waals surface area (Å²) < 4.78 is 0. The lowest BCUT2D eigenvalue weighted by molar-refractivity contribution is 0.688. The van der Waals surface area contributed by atoms with E-state index in [1.165, 1.54) is 11.3 Å². The maximum Gasteiger partial charge on any atom is 0.0369 e. The summed E-state index contributed by atoms with van der Waals surface area (Å²) in [5, 5.41) is 3.37. The predicted octanol–water partition coefficient (Wildman–Crippen LogP) is 2.68. The Morgan fingerprint density at radius 2 is 2.00 bits per heavy atom. The SMILES string of the molecule is CCNCCN(CC)c1cccc(CC)c1. The molecule has 0 aliphatic carbocycles. The first kappa shape index (κ1) is 13.0. The van der Waals surface area contributed by atoms with Gasteiger partial charge in [-0.3, -0.25) is 0 Å². The Kier molecular flexibility index (Phi) is 5.94. The molecule has 0 radical (unpaired) electrons. The second kappa shape index (κ2) is 7.29. The molecule has 1 aromatic carbocycles. The number of hydrogen-bond acceptors (Lipinski definition) is 2. The van der Waals surface area contributed by atoms with Gasteiger partial charge in [-0.25, -0.2) is 0 Å². The molecular formula is C14H24N2. The van der Waals surface area contributed by atoms with Crippen LogP contribution in [0.4, 0.5) is 5.69 Å². The van der Waals surface area contributed by atoms with Gasteiger partial charge in [-0.15, -0.1) is 0 Å². The molecule has 0 aliphatic rings. The number of anilines is 1. The van der Waals surface area contributed by atoms with Crippen LogP contribution < -0.4 is 10.2 Å². The van der Waals surface area contributed by atoms with E-state index in [1.54, 1.807) is 0 Å². The molecule has 0 aromatic heterocycles. The van der Waals surface area contributed by atoms with Gasteiger partial charge in [0.25, 0.3) is 0 Å². The van der Waals surface area contributed by atoms with Crippen molar-refractivity contribution >= 4 is 5.69 Å². The second-order valence-electron chi connectivity index (χ2n) is 3.96. The summed E-state index contributed by atoms with van der Waals surface area (Å²) in [5.41, 5.74) is 2.76. The fraction of sp³-hybridized carbons (Fsp3) is 0.571. The van der Waals surface area contributed by atoms with E-state index in [4.69, 9.17) is 0 Å². The number of hydrogen-bond donors (Lipinski definition) is 1. The topological polar surface area (TPSA) is 15.3 Å². The Morgan fingerprint density at radius 3 is 2.62 bits per heavy atom. The average molecular weight is 220 g/mol. The summed E-state index contributed by atoms with van der Waals surface area (Å²) in [5.74, 6) is 0. The third-order valence-electron chi connectivity index (χ3n) is 2.87. The van der Waals surface area contributed by atoms with E-state index in [1.807, 2.05) is 0 Å². The Balaban J connectivity index is 2.62. The van der Waals surface area contributed by atoms with E-state index in [-0.39, 0.29) is 0 Å². The third kappa shape index (κ3) is 3.86. The summed E-state index contributed by atoms with van der Waals surface area (Å²) in [4.78, 5) is 2.42. The van der Waals surface area contributed by atoms with Gasteiger partial charge < -0.3 is 10.2 Å². The number of aryl methyl sites for hydroxylation is 1. The molecule has 0 atom stereocenters. The fourth-order valence-electron chi connectivity index (χ4n) is 1.83. The lowest BCUT2D eigenvalue weighted by atomic mass is 10.1. The minimum absolute atomic E-state index is 1.05. The monoisotopic (exact) mass is 220 g/mol. The smallest absolute Gasteiger partial charge is 0.0369 e. The third-order valence-corrected chi connectivity index (χ3v) is 2.87. The van der Waals surface area contributed by atoms with Gasteiger partial charge in [-0.1, -0.05) is 26.0 Å². The van der Waals surface area contributed by atoms with E-state index in [2.05, 4.69) is 55.3 Å². The summed E-state index contributed by atoms with van der Waals surface area (Å²) in [7, 11) is 0. The number of rotatable bonds is 7. The molecule has 1 rings (SSSR count). The Morgan fingerprint density at radius 1 is 1.19 bits per heavy atom. The molecule has 0 amide bonds. The lowest BCUT2D eigenvalue weighted by Gasteiger charge is -2.23. The van der Waals surface area contributed by atoms with E-state index in [9.17, 15) is 0 Å². The normalized spacial score (nSPS) is 10.4. The van der Waals surface area contributed by atoms with Crippen LogP contribution in [0.5, 0.6) is 0 Å². The summed E-state index contributed by atoms with van der Waals surface area (Å²) in [6.45, 7) is 10.8. The highest BCUT2D eigenvalue weighted by Gasteiger charge is 2.03. The molecule has 0 unspecified atom stereocenters. The van der Waals surface area contributed by atoms with Crippen LogP contribution in [-0.4, -0.2) is 26.2 Å². The second-order valence-corrected chi connectivity index (χ2v) is 3.96. The van der Waals surface area contributed by atoms with Crippen molar-refractivity contribution in [3.8, 4) is 0 Å². The highest BCUT2D eigenvalue weighted by atomic mass is 15.1. The lowest BCUT2D eigenvalue weighted by Crippen LogP contribution is -2.31. The molecule has 16 heavy (non-hydrogen) atoms. The zero-order valence-electron chi connectivity index (χ0n) is 10.8. The minimum Gasteiger partial charge on any atom is -0.371 e. The Bertz CT molecular complexity index is 297. The van der Waals surface area contributed by atoms with Crippen molar-refractivity contribution in [2.75, 3.05) is 31.1 Å². The molecular weight excluding hydrogens is 196 g/mol. The van der Waals surface area contributed by atoms with E-state index < -0.39 is 0 Å². The van der Waals surface area contributed by atoms with Crippen LogP contribution in [0.1, 0.15) is 26.3 Å². The molecule has 0 aliphatic heterocycles. The van der Waals surface area contributed by atoms with Crippen LogP contribution >= 0.6 is 0 Å². The van der Waals surface area contributed by atoms with Crippen molar-refractivity contribution < 1.29 is 0 Å². The van der Waals surface area contributed by atoms with Crippen LogP contribution in [0.2, 0.25) is 0 Å². The molecule has 90 valence electrons. The molecule has 0 spiro atoms. The molecule has 0 bridgehead atoms. The standard InChI is InChI=1S/C14H24N2/c1-4-13-8-7-9-14(12-13)16(6-3)11-10-15-5-2/h7-9,12,15H,4-6,10-11H2,1-3H3. The summed E-state index contributed by atoms with van der Waals surface area (Å²) >= 11 is 0. The van der Waals surface area contributed by atoms with Gasteiger partial charge in [0.05, 0.1) is 0 Å². The van der Waals surface area contributed by atoms with Crippen molar-refractivity contribution in [2.45, 2.75) is 27.2 Å². The van der Waals surface area contributed by atoms with Crippen LogP contribution in [0.3, 0.4) is 0 Å². The first-order valence-corrected chi connectivity index (χ1v) is 6.36. The molecule has 1 aromatic rings. The van der Waals surface area contributed by atoms with Crippen molar-refractivity contribution in [2.24, 2.45) is 0 Å². The van der Waals surface area contributed by atoms with Crippen LogP contribution in [0.25, 0.3) is 0 Å². The van der Waals surface area contributed by atoms with Gasteiger partial charge in [0.1, 0.15) is 0 Å². The number of benzene rings is 1. The Labute approximate surface area is 99.7 Å². The quantitative estimate of drug-likeness (QED) is 0.711. The maximum absolute atomic E-state index is 3.37. The first-order valence-electron chi connectivity index (χ1n) is 6.36. The van der Waals surface area contributed by atoms with Crippen molar-refractivity contribution in [3.63, 3.8) is 0 Å². The Hall–Kier alpha value is -1.02. The predicted molar refractivity (Wildman–Crippen MR) is 72.3 cm³/mol. The summed E-state index contributed by atoms with van der Waals surface area (Å²) in [6, 6.07) is 8.86. The molecule has 0 heterocycles. The fourth-order valence-corrected chi connectivity index (χ4v) is 1.83. The summed E-state index contributed by atoms with van der Waals surface area (Å²) in [6.07, 6.45) is 1.11.